The third-order valence-electron chi connectivity index (χ3n) is 4.52. The van der Waals surface area contributed by atoms with Crippen LogP contribution in [0.5, 0.6) is 5.75 Å². The number of benzene rings is 1. The van der Waals surface area contributed by atoms with Gasteiger partial charge in [-0.05, 0) is 37.6 Å². The number of amides is 1. The van der Waals surface area contributed by atoms with Crippen molar-refractivity contribution in [3.8, 4) is 5.75 Å². The Labute approximate surface area is 154 Å². The normalized spacial score (nSPS) is 23.1. The van der Waals surface area contributed by atoms with E-state index in [0.29, 0.717) is 18.9 Å². The molecule has 8 heteroatoms. The SMILES string of the molecule is CCCCOC(=O)N1CC(COc2ccc(S(C)(=O)=O)cc2)C(C)(O)C1. The van der Waals surface area contributed by atoms with Gasteiger partial charge in [0.25, 0.3) is 0 Å². The molecule has 0 aromatic heterocycles. The van der Waals surface area contributed by atoms with E-state index in [0.717, 1.165) is 19.1 Å². The minimum Gasteiger partial charge on any atom is -0.493 e. The van der Waals surface area contributed by atoms with E-state index < -0.39 is 21.5 Å². The number of carbonyl (C=O) groups excluding carboxylic acids is 1. The molecule has 1 N–H and O–H groups in total. The van der Waals surface area contributed by atoms with Gasteiger partial charge in [0.2, 0.25) is 0 Å². The lowest BCUT2D eigenvalue weighted by Crippen LogP contribution is -2.38. The molecule has 2 atom stereocenters. The van der Waals surface area contributed by atoms with Gasteiger partial charge in [-0.15, -0.1) is 0 Å². The Kier molecular flexibility index (Phi) is 6.52. The first-order valence-electron chi connectivity index (χ1n) is 8.70. The van der Waals surface area contributed by atoms with Gasteiger partial charge < -0.3 is 19.5 Å². The number of hydrogen-bond donors (Lipinski definition) is 1. The van der Waals surface area contributed by atoms with Gasteiger partial charge in [-0.2, -0.15) is 0 Å². The minimum absolute atomic E-state index is 0.193. The van der Waals surface area contributed by atoms with Gasteiger partial charge in [0, 0.05) is 18.7 Å². The summed E-state index contributed by atoms with van der Waals surface area (Å²) in [6.45, 7) is 4.82. The topological polar surface area (TPSA) is 93.1 Å². The lowest BCUT2D eigenvalue weighted by Gasteiger charge is -2.23. The van der Waals surface area contributed by atoms with Crippen molar-refractivity contribution in [1.82, 2.24) is 4.90 Å². The number of rotatable bonds is 7. The van der Waals surface area contributed by atoms with Crippen LogP contribution >= 0.6 is 0 Å². The molecule has 0 aliphatic carbocycles. The van der Waals surface area contributed by atoms with E-state index in [2.05, 4.69) is 0 Å². The molecule has 2 unspecified atom stereocenters. The molecule has 1 heterocycles. The molecule has 0 radical (unpaired) electrons. The maximum Gasteiger partial charge on any atom is 0.409 e. The summed E-state index contributed by atoms with van der Waals surface area (Å²) in [6, 6.07) is 6.12. The summed E-state index contributed by atoms with van der Waals surface area (Å²) in [6.07, 6.45) is 2.48. The number of ether oxygens (including phenoxy) is 2. The number of hydrogen-bond acceptors (Lipinski definition) is 6. The first kappa shape index (κ1) is 20.5. The molecule has 1 aliphatic heterocycles. The number of aliphatic hydroxyl groups is 1. The van der Waals surface area contributed by atoms with E-state index >= 15 is 0 Å². The summed E-state index contributed by atoms with van der Waals surface area (Å²) in [5.74, 6) is 0.244. The van der Waals surface area contributed by atoms with Crippen molar-refractivity contribution < 1.29 is 27.8 Å². The molecule has 7 nitrogen and oxygen atoms in total. The summed E-state index contributed by atoms with van der Waals surface area (Å²) in [5.41, 5.74) is -1.07. The fourth-order valence-electron chi connectivity index (χ4n) is 2.79. The number of nitrogens with zero attached hydrogens (tertiary/aromatic N) is 1. The molecule has 2 rings (SSSR count). The van der Waals surface area contributed by atoms with E-state index in [1.54, 1.807) is 19.1 Å². The highest BCUT2D eigenvalue weighted by Crippen LogP contribution is 2.29. The van der Waals surface area contributed by atoms with Crippen molar-refractivity contribution in [2.75, 3.05) is 32.6 Å². The van der Waals surface area contributed by atoms with E-state index in [-0.39, 0.29) is 24.0 Å². The zero-order valence-corrected chi connectivity index (χ0v) is 16.3. The number of carbonyl (C=O) groups is 1. The number of likely N-dealkylation sites (tertiary alicyclic amines) is 1. The summed E-state index contributed by atoms with van der Waals surface area (Å²) < 4.78 is 33.8. The molecule has 0 bridgehead atoms. The Balaban J connectivity index is 1.91. The van der Waals surface area contributed by atoms with E-state index in [1.165, 1.54) is 17.0 Å². The zero-order valence-electron chi connectivity index (χ0n) is 15.5. The smallest absolute Gasteiger partial charge is 0.409 e. The fraction of sp³-hybridized carbons (Fsp3) is 0.611. The van der Waals surface area contributed by atoms with Gasteiger partial charge in [-0.3, -0.25) is 0 Å². The Hall–Kier alpha value is -1.80. The quantitative estimate of drug-likeness (QED) is 0.723. The van der Waals surface area contributed by atoms with Crippen molar-refractivity contribution in [3.05, 3.63) is 24.3 Å². The molecule has 1 aromatic rings. The van der Waals surface area contributed by atoms with Gasteiger partial charge in [0.15, 0.2) is 9.84 Å². The van der Waals surface area contributed by atoms with Crippen LogP contribution in [0.15, 0.2) is 29.2 Å². The van der Waals surface area contributed by atoms with Crippen molar-refractivity contribution in [1.29, 1.82) is 0 Å². The van der Waals surface area contributed by atoms with E-state index in [9.17, 15) is 18.3 Å². The summed E-state index contributed by atoms with van der Waals surface area (Å²) in [4.78, 5) is 13.8. The average Bonchev–Trinajstić information content (AvgIpc) is 2.87. The molecule has 1 aromatic carbocycles. The molecular formula is C18H27NO6S. The van der Waals surface area contributed by atoms with Crippen LogP contribution in [0.2, 0.25) is 0 Å². The largest absolute Gasteiger partial charge is 0.493 e. The number of unbranched alkanes of at least 4 members (excludes halogenated alkanes) is 1. The summed E-state index contributed by atoms with van der Waals surface area (Å²) in [7, 11) is -3.25. The maximum atomic E-state index is 12.1. The van der Waals surface area contributed by atoms with Crippen LogP contribution in [0.4, 0.5) is 4.79 Å². The van der Waals surface area contributed by atoms with Gasteiger partial charge in [-0.25, -0.2) is 13.2 Å². The fourth-order valence-corrected chi connectivity index (χ4v) is 3.42. The van der Waals surface area contributed by atoms with Gasteiger partial charge in [0.1, 0.15) is 5.75 Å². The molecule has 26 heavy (non-hydrogen) atoms. The Morgan fingerprint density at radius 3 is 2.58 bits per heavy atom. The summed E-state index contributed by atoms with van der Waals surface area (Å²) in [5, 5.41) is 10.6. The zero-order chi connectivity index (χ0) is 19.4. The predicted molar refractivity (Wildman–Crippen MR) is 97.0 cm³/mol. The van der Waals surface area contributed by atoms with Gasteiger partial charge >= 0.3 is 6.09 Å². The average molecular weight is 385 g/mol. The Morgan fingerprint density at radius 2 is 2.00 bits per heavy atom. The lowest BCUT2D eigenvalue weighted by atomic mass is 9.94. The van der Waals surface area contributed by atoms with Crippen molar-refractivity contribution in [2.45, 2.75) is 37.2 Å². The maximum absolute atomic E-state index is 12.1. The predicted octanol–water partition coefficient (Wildman–Crippen LogP) is 2.09. The molecule has 1 saturated heterocycles. The van der Waals surface area contributed by atoms with Crippen LogP contribution in [0.25, 0.3) is 0 Å². The van der Waals surface area contributed by atoms with Crippen LogP contribution in [-0.2, 0) is 14.6 Å². The molecule has 0 spiro atoms. The molecule has 0 saturated carbocycles. The third kappa shape index (κ3) is 5.35. The summed E-state index contributed by atoms with van der Waals surface area (Å²) >= 11 is 0. The highest BCUT2D eigenvalue weighted by molar-refractivity contribution is 7.90. The third-order valence-corrected chi connectivity index (χ3v) is 5.64. The van der Waals surface area contributed by atoms with Crippen LogP contribution < -0.4 is 4.74 Å². The van der Waals surface area contributed by atoms with Crippen LogP contribution in [0.1, 0.15) is 26.7 Å². The second-order valence-electron chi connectivity index (χ2n) is 6.96. The van der Waals surface area contributed by atoms with Crippen molar-refractivity contribution >= 4 is 15.9 Å². The van der Waals surface area contributed by atoms with E-state index in [4.69, 9.17) is 9.47 Å². The Morgan fingerprint density at radius 1 is 1.35 bits per heavy atom. The molecule has 146 valence electrons. The molecule has 1 aliphatic rings. The first-order valence-corrected chi connectivity index (χ1v) is 10.6. The van der Waals surface area contributed by atoms with Crippen LogP contribution in [0, 0.1) is 5.92 Å². The molecular weight excluding hydrogens is 358 g/mol. The number of β-amino-alcohol motifs (C(OH)–C–C–N with tert-alkyl or cyclic N) is 1. The lowest BCUT2D eigenvalue weighted by molar-refractivity contribution is 0.0129. The van der Waals surface area contributed by atoms with Crippen LogP contribution in [0.3, 0.4) is 0 Å². The highest BCUT2D eigenvalue weighted by Gasteiger charge is 2.44. The van der Waals surface area contributed by atoms with Gasteiger partial charge in [-0.1, -0.05) is 13.3 Å². The van der Waals surface area contributed by atoms with E-state index in [1.807, 2.05) is 6.92 Å². The molecule has 1 amide bonds. The molecule has 1 fully saturated rings. The van der Waals surface area contributed by atoms with Crippen LogP contribution in [-0.4, -0.2) is 62.7 Å². The first-order chi connectivity index (χ1) is 12.1. The number of sulfone groups is 1. The monoisotopic (exact) mass is 385 g/mol. The second kappa shape index (κ2) is 8.26. The van der Waals surface area contributed by atoms with Crippen molar-refractivity contribution in [3.63, 3.8) is 0 Å². The Bertz CT molecular complexity index is 714. The second-order valence-corrected chi connectivity index (χ2v) is 8.97. The minimum atomic E-state index is -3.25. The van der Waals surface area contributed by atoms with Gasteiger partial charge in [0.05, 0.1) is 30.3 Å². The van der Waals surface area contributed by atoms with Crippen molar-refractivity contribution in [2.24, 2.45) is 5.92 Å². The highest BCUT2D eigenvalue weighted by atomic mass is 32.2. The standard InChI is InChI=1S/C18H27NO6S/c1-4-5-10-24-17(20)19-11-14(18(2,21)13-19)12-25-15-6-8-16(9-7-15)26(3,22)23/h6-9,14,21H,4-5,10-13H2,1-3H3.